The molecule has 0 saturated carbocycles. The molecule has 0 aliphatic heterocycles. The van der Waals surface area contributed by atoms with Crippen molar-refractivity contribution in [2.24, 2.45) is 0 Å². The second kappa shape index (κ2) is 6.18. The highest BCUT2D eigenvalue weighted by Gasteiger charge is 2.08. The molecule has 0 radical (unpaired) electrons. The van der Waals surface area contributed by atoms with Crippen molar-refractivity contribution in [1.29, 1.82) is 0 Å². The van der Waals surface area contributed by atoms with Gasteiger partial charge in [0.15, 0.2) is 0 Å². The number of carbonyl (C=O) groups excluding carboxylic acids is 1. The van der Waals surface area contributed by atoms with Gasteiger partial charge in [0.2, 0.25) is 0 Å². The Morgan fingerprint density at radius 1 is 1.37 bits per heavy atom. The van der Waals surface area contributed by atoms with E-state index in [1.54, 1.807) is 12.5 Å². The monoisotopic (exact) mass is 257 g/mol. The van der Waals surface area contributed by atoms with Crippen molar-refractivity contribution in [3.63, 3.8) is 0 Å². The van der Waals surface area contributed by atoms with Gasteiger partial charge in [0.25, 0.3) is 5.91 Å². The first-order valence-corrected chi connectivity index (χ1v) is 6.54. The summed E-state index contributed by atoms with van der Waals surface area (Å²) in [6.07, 6.45) is 6.39. The van der Waals surface area contributed by atoms with E-state index in [1.807, 2.05) is 42.0 Å². The number of hydrogen-bond acceptors (Lipinski definition) is 2. The summed E-state index contributed by atoms with van der Waals surface area (Å²) in [5.41, 5.74) is 1.85. The average Bonchev–Trinajstić information content (AvgIpc) is 2.92. The smallest absolute Gasteiger partial charge is 0.251 e. The Balaban J connectivity index is 2.00. The number of nitrogens with one attached hydrogen (secondary N) is 1. The van der Waals surface area contributed by atoms with Gasteiger partial charge in [-0.15, -0.1) is 0 Å². The van der Waals surface area contributed by atoms with Crippen molar-refractivity contribution < 1.29 is 4.79 Å². The van der Waals surface area contributed by atoms with Crippen LogP contribution in [-0.2, 0) is 6.54 Å². The van der Waals surface area contributed by atoms with E-state index in [4.69, 9.17) is 0 Å². The standard InChI is InChI=1S/C15H19N3O/c1-3-12(2)17-15(19)14-6-4-13(5-7-14)10-18-9-8-16-11-18/h4-9,11-12H,3,10H2,1-2H3,(H,17,19). The first kappa shape index (κ1) is 13.3. The average molecular weight is 257 g/mol. The molecule has 1 aromatic carbocycles. The predicted molar refractivity (Wildman–Crippen MR) is 75.0 cm³/mol. The van der Waals surface area contributed by atoms with E-state index in [9.17, 15) is 4.79 Å². The molecule has 4 nitrogen and oxygen atoms in total. The molecule has 2 aromatic rings. The first-order chi connectivity index (χ1) is 9.19. The lowest BCUT2D eigenvalue weighted by Crippen LogP contribution is -2.31. The third-order valence-electron chi connectivity index (χ3n) is 3.13. The van der Waals surface area contributed by atoms with Gasteiger partial charge >= 0.3 is 0 Å². The van der Waals surface area contributed by atoms with Gasteiger partial charge in [0.1, 0.15) is 0 Å². The minimum atomic E-state index is -0.0106. The van der Waals surface area contributed by atoms with Gasteiger partial charge in [-0.1, -0.05) is 19.1 Å². The van der Waals surface area contributed by atoms with Crippen LogP contribution < -0.4 is 5.32 Å². The van der Waals surface area contributed by atoms with Crippen LogP contribution in [0.2, 0.25) is 0 Å². The summed E-state index contributed by atoms with van der Waals surface area (Å²) in [5.74, 6) is -0.0106. The van der Waals surface area contributed by atoms with Crippen molar-refractivity contribution >= 4 is 5.91 Å². The lowest BCUT2D eigenvalue weighted by molar-refractivity contribution is 0.0939. The summed E-state index contributed by atoms with van der Waals surface area (Å²) in [4.78, 5) is 15.9. The highest BCUT2D eigenvalue weighted by Crippen LogP contribution is 2.07. The SMILES string of the molecule is CCC(C)NC(=O)c1ccc(Cn2ccnc2)cc1. The maximum atomic E-state index is 11.9. The number of amides is 1. The third kappa shape index (κ3) is 3.68. The van der Waals surface area contributed by atoms with Crippen LogP contribution >= 0.6 is 0 Å². The van der Waals surface area contributed by atoms with Gasteiger partial charge < -0.3 is 9.88 Å². The van der Waals surface area contributed by atoms with Crippen molar-refractivity contribution in [1.82, 2.24) is 14.9 Å². The van der Waals surface area contributed by atoms with E-state index >= 15 is 0 Å². The van der Waals surface area contributed by atoms with E-state index in [1.165, 1.54) is 0 Å². The van der Waals surface area contributed by atoms with Crippen LogP contribution in [0, 0.1) is 0 Å². The second-order valence-electron chi connectivity index (χ2n) is 4.71. The number of benzene rings is 1. The minimum absolute atomic E-state index is 0.0106. The number of rotatable bonds is 5. The maximum absolute atomic E-state index is 11.9. The number of aromatic nitrogens is 2. The number of carbonyl (C=O) groups is 1. The normalized spacial score (nSPS) is 12.1. The summed E-state index contributed by atoms with van der Waals surface area (Å²) >= 11 is 0. The molecule has 1 N–H and O–H groups in total. The Morgan fingerprint density at radius 2 is 2.11 bits per heavy atom. The highest BCUT2D eigenvalue weighted by molar-refractivity contribution is 5.94. The molecule has 0 aliphatic carbocycles. The molecule has 0 spiro atoms. The quantitative estimate of drug-likeness (QED) is 0.894. The zero-order chi connectivity index (χ0) is 13.7. The van der Waals surface area contributed by atoms with E-state index < -0.39 is 0 Å². The minimum Gasteiger partial charge on any atom is -0.350 e. The van der Waals surface area contributed by atoms with Crippen molar-refractivity contribution in [2.75, 3.05) is 0 Å². The Bertz CT molecular complexity index is 517. The zero-order valence-corrected chi connectivity index (χ0v) is 11.3. The summed E-state index contributed by atoms with van der Waals surface area (Å²) in [5, 5.41) is 2.96. The largest absolute Gasteiger partial charge is 0.350 e. The summed E-state index contributed by atoms with van der Waals surface area (Å²) in [7, 11) is 0. The molecule has 4 heteroatoms. The Hall–Kier alpha value is -2.10. The summed E-state index contributed by atoms with van der Waals surface area (Å²) in [6, 6.07) is 7.89. The number of imidazole rings is 1. The second-order valence-corrected chi connectivity index (χ2v) is 4.71. The van der Waals surface area contributed by atoms with Crippen molar-refractivity contribution in [2.45, 2.75) is 32.9 Å². The molecule has 1 unspecified atom stereocenters. The van der Waals surface area contributed by atoms with Gasteiger partial charge in [-0.25, -0.2) is 4.98 Å². The zero-order valence-electron chi connectivity index (χ0n) is 11.3. The maximum Gasteiger partial charge on any atom is 0.251 e. The molecule has 0 aliphatic rings. The number of hydrogen-bond donors (Lipinski definition) is 1. The molecule has 19 heavy (non-hydrogen) atoms. The lowest BCUT2D eigenvalue weighted by Gasteiger charge is -2.11. The van der Waals surface area contributed by atoms with Crippen LogP contribution in [0.25, 0.3) is 0 Å². The third-order valence-corrected chi connectivity index (χ3v) is 3.13. The Morgan fingerprint density at radius 3 is 2.68 bits per heavy atom. The molecule has 0 fully saturated rings. The fraction of sp³-hybridized carbons (Fsp3) is 0.333. The van der Waals surface area contributed by atoms with Crippen molar-refractivity contribution in [3.8, 4) is 0 Å². The molecule has 1 amide bonds. The Labute approximate surface area is 113 Å². The lowest BCUT2D eigenvalue weighted by atomic mass is 10.1. The van der Waals surface area contributed by atoms with E-state index in [0.29, 0.717) is 5.56 Å². The molecule has 0 saturated heterocycles. The van der Waals surface area contributed by atoms with Crippen LogP contribution in [0.1, 0.15) is 36.2 Å². The Kier molecular flexibility index (Phi) is 4.34. The van der Waals surface area contributed by atoms with Crippen LogP contribution in [0.4, 0.5) is 0 Å². The van der Waals surface area contributed by atoms with Crippen LogP contribution in [0.3, 0.4) is 0 Å². The topological polar surface area (TPSA) is 46.9 Å². The van der Waals surface area contributed by atoms with E-state index in [-0.39, 0.29) is 11.9 Å². The fourth-order valence-electron chi connectivity index (χ4n) is 1.76. The van der Waals surface area contributed by atoms with Gasteiger partial charge in [-0.3, -0.25) is 4.79 Å². The molecule has 1 aromatic heterocycles. The highest BCUT2D eigenvalue weighted by atomic mass is 16.1. The molecule has 2 rings (SSSR count). The van der Waals surface area contributed by atoms with E-state index in [2.05, 4.69) is 17.2 Å². The van der Waals surface area contributed by atoms with Crippen LogP contribution in [0.5, 0.6) is 0 Å². The van der Waals surface area contributed by atoms with Gasteiger partial charge in [-0.2, -0.15) is 0 Å². The van der Waals surface area contributed by atoms with Gasteiger partial charge in [0, 0.05) is 30.5 Å². The molecule has 1 heterocycles. The molecular formula is C15H19N3O. The van der Waals surface area contributed by atoms with Crippen molar-refractivity contribution in [3.05, 3.63) is 54.1 Å². The van der Waals surface area contributed by atoms with Crippen LogP contribution in [-0.4, -0.2) is 21.5 Å². The number of nitrogens with zero attached hydrogens (tertiary/aromatic N) is 2. The molecule has 100 valence electrons. The summed E-state index contributed by atoms with van der Waals surface area (Å²) in [6.45, 7) is 4.83. The fourth-order valence-corrected chi connectivity index (χ4v) is 1.76. The molecular weight excluding hydrogens is 238 g/mol. The van der Waals surface area contributed by atoms with Crippen LogP contribution in [0.15, 0.2) is 43.0 Å². The molecule has 0 bridgehead atoms. The predicted octanol–water partition coefficient (Wildman–Crippen LogP) is 2.46. The summed E-state index contributed by atoms with van der Waals surface area (Å²) < 4.78 is 1.99. The van der Waals surface area contributed by atoms with Gasteiger partial charge in [-0.05, 0) is 31.0 Å². The molecule has 1 atom stereocenters. The van der Waals surface area contributed by atoms with E-state index in [0.717, 1.165) is 18.5 Å². The first-order valence-electron chi connectivity index (χ1n) is 6.54. The van der Waals surface area contributed by atoms with Gasteiger partial charge in [0.05, 0.1) is 6.33 Å².